The molecule has 2 heterocycles. The molecule has 0 amide bonds. The number of aromatic amines is 1. The van der Waals surface area contributed by atoms with Gasteiger partial charge in [-0.1, -0.05) is 48.5 Å². The van der Waals surface area contributed by atoms with Crippen LogP contribution in [-0.4, -0.2) is 66.2 Å². The molecule has 1 N–H and O–H groups in total. The molecule has 0 saturated carbocycles. The second-order valence-electron chi connectivity index (χ2n) is 8.63. The third-order valence-corrected chi connectivity index (χ3v) is 6.37. The van der Waals surface area contributed by atoms with Crippen LogP contribution >= 0.6 is 0 Å². The summed E-state index contributed by atoms with van der Waals surface area (Å²) in [6.07, 6.45) is 0. The van der Waals surface area contributed by atoms with E-state index in [0.717, 1.165) is 62.8 Å². The van der Waals surface area contributed by atoms with Crippen LogP contribution in [0.1, 0.15) is 5.56 Å². The van der Waals surface area contributed by atoms with Gasteiger partial charge in [0.05, 0.1) is 17.6 Å². The van der Waals surface area contributed by atoms with Gasteiger partial charge in [-0.05, 0) is 34.9 Å². The predicted octanol–water partition coefficient (Wildman–Crippen LogP) is 4.80. The van der Waals surface area contributed by atoms with Crippen molar-refractivity contribution in [2.24, 2.45) is 0 Å². The Labute approximate surface area is 193 Å². The van der Waals surface area contributed by atoms with Crippen LogP contribution in [0.4, 0.5) is 4.39 Å². The lowest BCUT2D eigenvalue weighted by Crippen LogP contribution is -2.46. The van der Waals surface area contributed by atoms with Crippen LogP contribution in [0, 0.1) is 5.82 Å². The number of H-pyrrole nitrogens is 1. The van der Waals surface area contributed by atoms with Gasteiger partial charge in [-0.3, -0.25) is 9.80 Å². The second kappa shape index (κ2) is 9.83. The van der Waals surface area contributed by atoms with E-state index in [1.54, 1.807) is 13.2 Å². The van der Waals surface area contributed by atoms with E-state index >= 15 is 0 Å². The molecule has 5 rings (SSSR count). The molecule has 1 aliphatic heterocycles. The molecule has 0 unspecified atom stereocenters. The van der Waals surface area contributed by atoms with E-state index in [4.69, 9.17) is 4.74 Å². The number of ether oxygens (including phenoxy) is 1. The maximum atomic E-state index is 13.4. The average molecular weight is 445 g/mol. The van der Waals surface area contributed by atoms with Crippen LogP contribution in [0.25, 0.3) is 33.5 Å². The molecular weight excluding hydrogens is 415 g/mol. The number of hydrogen-bond acceptors (Lipinski definition) is 4. The first-order chi connectivity index (χ1) is 16.2. The number of nitrogens with zero attached hydrogens (tertiary/aromatic N) is 3. The van der Waals surface area contributed by atoms with E-state index < -0.39 is 0 Å². The van der Waals surface area contributed by atoms with Crippen LogP contribution in [0.2, 0.25) is 0 Å². The average Bonchev–Trinajstić information content (AvgIpc) is 3.27. The molecule has 0 radical (unpaired) electrons. The third kappa shape index (κ3) is 5.14. The fraction of sp³-hybridized carbons (Fsp3) is 0.296. The van der Waals surface area contributed by atoms with Crippen LogP contribution in [-0.2, 0) is 11.3 Å². The Hall–Kier alpha value is -3.06. The molecule has 1 aliphatic rings. The summed E-state index contributed by atoms with van der Waals surface area (Å²) in [6, 6.07) is 21.8. The quantitative estimate of drug-likeness (QED) is 0.445. The standard InChI is InChI=1S/C27H29FN4O/c1-33-17-16-31-12-14-32(15-13-31)19-20-2-4-21(5-3-20)22-6-8-23(9-7-22)27-29-25-11-10-24(28)18-26(25)30-27/h2-11,18H,12-17,19H2,1H3,(H,29,30). The number of fused-ring (bicyclic) bond motifs is 1. The summed E-state index contributed by atoms with van der Waals surface area (Å²) in [5.41, 5.74) is 6.16. The predicted molar refractivity (Wildman–Crippen MR) is 131 cm³/mol. The van der Waals surface area contributed by atoms with Crippen molar-refractivity contribution in [2.45, 2.75) is 6.54 Å². The molecule has 1 aromatic heterocycles. The summed E-state index contributed by atoms with van der Waals surface area (Å²) in [5.74, 6) is 0.487. The Bertz CT molecular complexity index is 1200. The van der Waals surface area contributed by atoms with Gasteiger partial charge in [-0.15, -0.1) is 0 Å². The second-order valence-corrected chi connectivity index (χ2v) is 8.63. The Kier molecular flexibility index (Phi) is 6.48. The minimum atomic E-state index is -0.263. The molecule has 4 aromatic rings. The summed E-state index contributed by atoms with van der Waals surface area (Å²) < 4.78 is 18.6. The van der Waals surface area contributed by atoms with Crippen molar-refractivity contribution in [2.75, 3.05) is 46.4 Å². The number of benzene rings is 3. The van der Waals surface area contributed by atoms with Gasteiger partial charge in [0.15, 0.2) is 0 Å². The molecule has 3 aromatic carbocycles. The number of hydrogen-bond donors (Lipinski definition) is 1. The Morgan fingerprint density at radius 2 is 1.48 bits per heavy atom. The van der Waals surface area contributed by atoms with E-state index in [2.05, 4.69) is 68.3 Å². The lowest BCUT2D eigenvalue weighted by Gasteiger charge is -2.34. The summed E-state index contributed by atoms with van der Waals surface area (Å²) in [4.78, 5) is 12.8. The largest absolute Gasteiger partial charge is 0.383 e. The zero-order valence-corrected chi connectivity index (χ0v) is 18.9. The highest BCUT2D eigenvalue weighted by molar-refractivity contribution is 5.80. The van der Waals surface area contributed by atoms with Gasteiger partial charge in [0, 0.05) is 51.9 Å². The van der Waals surface area contributed by atoms with Gasteiger partial charge >= 0.3 is 0 Å². The molecule has 0 bridgehead atoms. The fourth-order valence-electron chi connectivity index (χ4n) is 4.39. The van der Waals surface area contributed by atoms with Crippen molar-refractivity contribution in [3.63, 3.8) is 0 Å². The van der Waals surface area contributed by atoms with Gasteiger partial charge in [0.2, 0.25) is 0 Å². The van der Waals surface area contributed by atoms with E-state index in [0.29, 0.717) is 5.52 Å². The summed E-state index contributed by atoms with van der Waals surface area (Å²) in [6.45, 7) is 7.22. The van der Waals surface area contributed by atoms with Crippen LogP contribution in [0.5, 0.6) is 0 Å². The number of methoxy groups -OCH3 is 1. The van der Waals surface area contributed by atoms with Crippen molar-refractivity contribution in [1.82, 2.24) is 19.8 Å². The van der Waals surface area contributed by atoms with Gasteiger partial charge < -0.3 is 9.72 Å². The normalized spacial score (nSPS) is 15.3. The summed E-state index contributed by atoms with van der Waals surface area (Å²) >= 11 is 0. The first kappa shape index (κ1) is 21.8. The number of aromatic nitrogens is 2. The highest BCUT2D eigenvalue weighted by atomic mass is 19.1. The van der Waals surface area contributed by atoms with Crippen LogP contribution in [0.15, 0.2) is 66.7 Å². The van der Waals surface area contributed by atoms with Crippen LogP contribution < -0.4 is 0 Å². The zero-order chi connectivity index (χ0) is 22.6. The van der Waals surface area contributed by atoms with Crippen molar-refractivity contribution >= 4 is 11.0 Å². The number of halogens is 1. The summed E-state index contributed by atoms with van der Waals surface area (Å²) in [7, 11) is 1.76. The maximum absolute atomic E-state index is 13.4. The van der Waals surface area contributed by atoms with Crippen molar-refractivity contribution in [3.05, 3.63) is 78.1 Å². The number of rotatable bonds is 7. The molecular formula is C27H29FN4O. The van der Waals surface area contributed by atoms with Gasteiger partial charge in [0.25, 0.3) is 0 Å². The van der Waals surface area contributed by atoms with E-state index in [-0.39, 0.29) is 5.82 Å². The van der Waals surface area contributed by atoms with Crippen molar-refractivity contribution in [3.8, 4) is 22.5 Å². The molecule has 5 nitrogen and oxygen atoms in total. The highest BCUT2D eigenvalue weighted by Gasteiger charge is 2.16. The monoisotopic (exact) mass is 444 g/mol. The summed E-state index contributed by atoms with van der Waals surface area (Å²) in [5, 5.41) is 0. The van der Waals surface area contributed by atoms with Crippen molar-refractivity contribution in [1.29, 1.82) is 0 Å². The Morgan fingerprint density at radius 3 is 2.18 bits per heavy atom. The van der Waals surface area contributed by atoms with E-state index in [9.17, 15) is 4.39 Å². The minimum absolute atomic E-state index is 0.263. The zero-order valence-electron chi connectivity index (χ0n) is 18.9. The Balaban J connectivity index is 1.21. The van der Waals surface area contributed by atoms with Gasteiger partial charge in [-0.25, -0.2) is 9.37 Å². The lowest BCUT2D eigenvalue weighted by atomic mass is 10.0. The molecule has 0 aliphatic carbocycles. The maximum Gasteiger partial charge on any atom is 0.138 e. The van der Waals surface area contributed by atoms with E-state index in [1.165, 1.54) is 28.8 Å². The number of imidazole rings is 1. The smallest absolute Gasteiger partial charge is 0.138 e. The molecule has 6 heteroatoms. The fourth-order valence-corrected chi connectivity index (χ4v) is 4.39. The van der Waals surface area contributed by atoms with Gasteiger partial charge in [-0.2, -0.15) is 0 Å². The SMILES string of the molecule is COCCN1CCN(Cc2ccc(-c3ccc(-c4nc5ccc(F)cc5[nH]4)cc3)cc2)CC1. The van der Waals surface area contributed by atoms with Gasteiger partial charge in [0.1, 0.15) is 11.6 Å². The van der Waals surface area contributed by atoms with Crippen LogP contribution in [0.3, 0.4) is 0 Å². The number of piperazine rings is 1. The molecule has 1 fully saturated rings. The topological polar surface area (TPSA) is 44.4 Å². The molecule has 1 saturated heterocycles. The Morgan fingerprint density at radius 1 is 0.848 bits per heavy atom. The number of nitrogens with one attached hydrogen (secondary N) is 1. The molecule has 0 atom stereocenters. The highest BCUT2D eigenvalue weighted by Crippen LogP contribution is 2.26. The van der Waals surface area contributed by atoms with Crippen molar-refractivity contribution < 1.29 is 9.13 Å². The molecule has 33 heavy (non-hydrogen) atoms. The molecule has 170 valence electrons. The lowest BCUT2D eigenvalue weighted by molar-refractivity contribution is 0.0938. The first-order valence-electron chi connectivity index (χ1n) is 11.5. The molecule has 0 spiro atoms. The third-order valence-electron chi connectivity index (χ3n) is 6.37. The first-order valence-corrected chi connectivity index (χ1v) is 11.5. The van der Waals surface area contributed by atoms with E-state index in [1.807, 2.05) is 0 Å². The minimum Gasteiger partial charge on any atom is -0.383 e.